The number of carbonyl (C=O) groups excluding carboxylic acids is 2. The molecular formula is C22H26N6O4S. The number of sulfonamides is 1. The molecule has 0 bridgehead atoms. The predicted octanol–water partition coefficient (Wildman–Crippen LogP) is 1.24. The molecule has 0 saturated carbocycles. The van der Waals surface area contributed by atoms with E-state index in [2.05, 4.69) is 19.8 Å². The fraction of sp³-hybridized carbons (Fsp3) is 0.455. The Bertz CT molecular complexity index is 1140. The van der Waals surface area contributed by atoms with Gasteiger partial charge in [0.25, 0.3) is 0 Å². The first-order valence-electron chi connectivity index (χ1n) is 11.2. The molecule has 10 nitrogen and oxygen atoms in total. The van der Waals surface area contributed by atoms with Crippen LogP contribution in [0.4, 0.5) is 17.3 Å². The Balaban J connectivity index is 1.25. The van der Waals surface area contributed by atoms with Crippen LogP contribution >= 0.6 is 0 Å². The Morgan fingerprint density at radius 3 is 1.85 bits per heavy atom. The van der Waals surface area contributed by atoms with Crippen LogP contribution in [0.1, 0.15) is 25.7 Å². The number of imide groups is 1. The van der Waals surface area contributed by atoms with Crippen LogP contribution in [0.2, 0.25) is 0 Å². The van der Waals surface area contributed by atoms with E-state index >= 15 is 0 Å². The van der Waals surface area contributed by atoms with Crippen molar-refractivity contribution in [3.05, 3.63) is 36.7 Å². The Kier molecular flexibility index (Phi) is 5.75. The Hall–Kier alpha value is -3.05. The fourth-order valence-electron chi connectivity index (χ4n) is 4.57. The number of nitrogens with zero attached hydrogens (tertiary/aromatic N) is 6. The van der Waals surface area contributed by atoms with Gasteiger partial charge in [0, 0.05) is 58.2 Å². The lowest BCUT2D eigenvalue weighted by molar-refractivity contribution is -0.121. The molecule has 1 aromatic carbocycles. The average Bonchev–Trinajstić information content (AvgIpc) is 3.49. The van der Waals surface area contributed by atoms with Crippen molar-refractivity contribution in [2.75, 3.05) is 54.0 Å². The highest BCUT2D eigenvalue weighted by Gasteiger charge is 2.32. The van der Waals surface area contributed by atoms with Gasteiger partial charge in [0.15, 0.2) is 0 Å². The highest BCUT2D eigenvalue weighted by molar-refractivity contribution is 7.89. The minimum atomic E-state index is -3.68. The lowest BCUT2D eigenvalue weighted by Gasteiger charge is -2.35. The standard InChI is InChI=1S/C22H26N6O4S/c29-21-7-8-22(30)28(21)17-3-5-18(6-4-17)33(31,32)27-13-11-26(12-14-27)20-15-19(23-16-24-20)25-9-1-2-10-25/h3-6,15-16H,1-2,7-14H2. The summed E-state index contributed by atoms with van der Waals surface area (Å²) in [5, 5.41) is 0. The van der Waals surface area contributed by atoms with E-state index in [4.69, 9.17) is 0 Å². The molecule has 0 unspecified atom stereocenters. The van der Waals surface area contributed by atoms with Crippen LogP contribution in [0.3, 0.4) is 0 Å². The molecule has 11 heteroatoms. The van der Waals surface area contributed by atoms with Crippen molar-refractivity contribution in [1.82, 2.24) is 14.3 Å². The maximum Gasteiger partial charge on any atom is 0.243 e. The average molecular weight is 471 g/mol. The van der Waals surface area contributed by atoms with Crippen molar-refractivity contribution in [3.63, 3.8) is 0 Å². The van der Waals surface area contributed by atoms with Crippen LogP contribution in [-0.2, 0) is 19.6 Å². The van der Waals surface area contributed by atoms with Gasteiger partial charge in [0.05, 0.1) is 10.6 Å². The van der Waals surface area contributed by atoms with Gasteiger partial charge < -0.3 is 9.80 Å². The molecule has 0 N–H and O–H groups in total. The van der Waals surface area contributed by atoms with Gasteiger partial charge >= 0.3 is 0 Å². The van der Waals surface area contributed by atoms with Crippen LogP contribution in [0.15, 0.2) is 41.6 Å². The highest BCUT2D eigenvalue weighted by atomic mass is 32.2. The zero-order valence-corrected chi connectivity index (χ0v) is 19.1. The predicted molar refractivity (Wildman–Crippen MR) is 123 cm³/mol. The van der Waals surface area contributed by atoms with E-state index in [0.29, 0.717) is 31.9 Å². The van der Waals surface area contributed by atoms with Crippen molar-refractivity contribution in [1.29, 1.82) is 0 Å². The quantitative estimate of drug-likeness (QED) is 0.601. The van der Waals surface area contributed by atoms with Gasteiger partial charge in [-0.25, -0.2) is 18.4 Å². The van der Waals surface area contributed by atoms with E-state index in [1.54, 1.807) is 6.33 Å². The first kappa shape index (κ1) is 21.8. The summed E-state index contributed by atoms with van der Waals surface area (Å²) in [7, 11) is -3.68. The number of benzene rings is 1. The second kappa shape index (κ2) is 8.71. The second-order valence-electron chi connectivity index (χ2n) is 8.44. The van der Waals surface area contributed by atoms with Crippen molar-refractivity contribution in [2.24, 2.45) is 0 Å². The minimum absolute atomic E-state index is 0.150. The summed E-state index contributed by atoms with van der Waals surface area (Å²) < 4.78 is 27.8. The number of amides is 2. The topological polar surface area (TPSA) is 107 Å². The zero-order chi connectivity index (χ0) is 23.0. The molecule has 4 heterocycles. The smallest absolute Gasteiger partial charge is 0.243 e. The monoisotopic (exact) mass is 470 g/mol. The van der Waals surface area contributed by atoms with Crippen LogP contribution in [0.25, 0.3) is 0 Å². The fourth-order valence-corrected chi connectivity index (χ4v) is 5.99. The van der Waals surface area contributed by atoms with Crippen molar-refractivity contribution in [3.8, 4) is 0 Å². The molecule has 2 amide bonds. The number of carbonyl (C=O) groups is 2. The molecule has 0 spiro atoms. The molecular weight excluding hydrogens is 444 g/mol. The maximum absolute atomic E-state index is 13.1. The summed E-state index contributed by atoms with van der Waals surface area (Å²) in [6.45, 7) is 3.75. The molecule has 0 radical (unpaired) electrons. The Morgan fingerprint density at radius 2 is 1.27 bits per heavy atom. The number of hydrogen-bond acceptors (Lipinski definition) is 8. The number of anilines is 3. The normalized spacial score (nSPS) is 20.2. The third-order valence-corrected chi connectivity index (χ3v) is 8.33. The summed E-state index contributed by atoms with van der Waals surface area (Å²) in [5.74, 6) is 1.21. The van der Waals surface area contributed by atoms with Crippen molar-refractivity contribution < 1.29 is 18.0 Å². The molecule has 174 valence electrons. The lowest BCUT2D eigenvalue weighted by atomic mass is 10.3. The summed E-state index contributed by atoms with van der Waals surface area (Å²) in [4.78, 5) is 38.2. The first-order chi connectivity index (χ1) is 15.9. The van der Waals surface area contributed by atoms with Crippen LogP contribution in [0, 0.1) is 0 Å². The number of piperazine rings is 1. The van der Waals surface area contributed by atoms with Gasteiger partial charge in [-0.3, -0.25) is 14.5 Å². The molecule has 5 rings (SSSR count). The van der Waals surface area contributed by atoms with Crippen LogP contribution < -0.4 is 14.7 Å². The highest BCUT2D eigenvalue weighted by Crippen LogP contribution is 2.27. The van der Waals surface area contributed by atoms with E-state index in [-0.39, 0.29) is 29.6 Å². The molecule has 1 aromatic heterocycles. The molecule has 2 aromatic rings. The van der Waals surface area contributed by atoms with Gasteiger partial charge in [-0.1, -0.05) is 0 Å². The third-order valence-electron chi connectivity index (χ3n) is 6.42. The van der Waals surface area contributed by atoms with Crippen LogP contribution in [-0.4, -0.2) is 73.8 Å². The Morgan fingerprint density at radius 1 is 0.727 bits per heavy atom. The first-order valence-corrected chi connectivity index (χ1v) is 12.7. The van der Waals surface area contributed by atoms with E-state index < -0.39 is 10.0 Å². The lowest BCUT2D eigenvalue weighted by Crippen LogP contribution is -2.49. The largest absolute Gasteiger partial charge is 0.356 e. The minimum Gasteiger partial charge on any atom is -0.356 e. The van der Waals surface area contributed by atoms with Gasteiger partial charge in [-0.15, -0.1) is 0 Å². The third kappa shape index (κ3) is 4.18. The summed E-state index contributed by atoms with van der Waals surface area (Å²) in [5.41, 5.74) is 0.406. The van der Waals surface area contributed by atoms with Gasteiger partial charge in [-0.2, -0.15) is 4.31 Å². The molecule has 0 atom stereocenters. The summed E-state index contributed by atoms with van der Waals surface area (Å²) >= 11 is 0. The number of rotatable bonds is 5. The molecule has 0 aliphatic carbocycles. The van der Waals surface area contributed by atoms with Crippen LogP contribution in [0.5, 0.6) is 0 Å². The van der Waals surface area contributed by atoms with Gasteiger partial charge in [0.1, 0.15) is 18.0 Å². The second-order valence-corrected chi connectivity index (χ2v) is 10.4. The molecule has 3 aliphatic heterocycles. The summed E-state index contributed by atoms with van der Waals surface area (Å²) in [6, 6.07) is 7.94. The molecule has 3 fully saturated rings. The molecule has 3 saturated heterocycles. The number of aromatic nitrogens is 2. The van der Waals surface area contributed by atoms with Crippen molar-refractivity contribution >= 4 is 39.2 Å². The SMILES string of the molecule is O=C1CCC(=O)N1c1ccc(S(=O)(=O)N2CCN(c3cc(N4CCCC4)ncn3)CC2)cc1. The van der Waals surface area contributed by atoms with Crippen molar-refractivity contribution in [2.45, 2.75) is 30.6 Å². The Labute approximate surface area is 192 Å². The van der Waals surface area contributed by atoms with E-state index in [9.17, 15) is 18.0 Å². The maximum atomic E-state index is 13.1. The number of hydrogen-bond donors (Lipinski definition) is 0. The van der Waals surface area contributed by atoms with Gasteiger partial charge in [0.2, 0.25) is 21.8 Å². The zero-order valence-electron chi connectivity index (χ0n) is 18.3. The van der Waals surface area contributed by atoms with E-state index in [1.807, 2.05) is 6.07 Å². The van der Waals surface area contributed by atoms with E-state index in [1.165, 1.54) is 41.4 Å². The molecule has 3 aliphatic rings. The summed E-state index contributed by atoms with van der Waals surface area (Å²) in [6.07, 6.45) is 4.29. The molecule has 33 heavy (non-hydrogen) atoms. The van der Waals surface area contributed by atoms with E-state index in [0.717, 1.165) is 29.6 Å². The van der Waals surface area contributed by atoms with Gasteiger partial charge in [-0.05, 0) is 37.1 Å².